The number of aliphatic hydroxyl groups is 2. The topological polar surface area (TPSA) is 95.9 Å². The number of hydrogen-bond acceptors (Lipinski definition) is 5. The summed E-state index contributed by atoms with van der Waals surface area (Å²) in [7, 11) is 0. The maximum Gasteiger partial charge on any atom is 0.305 e. The summed E-state index contributed by atoms with van der Waals surface area (Å²) in [6, 6.07) is -0.538. The number of hydrogen-bond donors (Lipinski definition) is 3. The third-order valence-electron chi connectivity index (χ3n) is 17.7. The molecule has 0 aliphatic heterocycles. The van der Waals surface area contributed by atoms with Gasteiger partial charge in [0.2, 0.25) is 5.91 Å². The van der Waals surface area contributed by atoms with Gasteiger partial charge in [0.15, 0.2) is 0 Å². The summed E-state index contributed by atoms with van der Waals surface area (Å²) in [6.45, 7) is 5.01. The van der Waals surface area contributed by atoms with Crippen LogP contribution in [-0.4, -0.2) is 47.4 Å². The summed E-state index contributed by atoms with van der Waals surface area (Å²) < 4.78 is 5.49. The maximum atomic E-state index is 12.5. The molecule has 472 valence electrons. The van der Waals surface area contributed by atoms with E-state index in [1.54, 1.807) is 0 Å². The molecule has 6 nitrogen and oxygen atoms in total. The highest BCUT2D eigenvalue weighted by molar-refractivity contribution is 5.76. The van der Waals surface area contributed by atoms with E-state index >= 15 is 0 Å². The van der Waals surface area contributed by atoms with Crippen LogP contribution in [0.1, 0.15) is 431 Å². The molecule has 6 heteroatoms. The minimum absolute atomic E-state index is 0.0229. The first-order chi connectivity index (χ1) is 39.0. The van der Waals surface area contributed by atoms with Gasteiger partial charge in [-0.15, -0.1) is 0 Å². The van der Waals surface area contributed by atoms with Crippen LogP contribution >= 0.6 is 0 Å². The van der Waals surface area contributed by atoms with Gasteiger partial charge in [0.25, 0.3) is 0 Å². The average Bonchev–Trinajstić information content (AvgIpc) is 3.45. The second kappa shape index (κ2) is 69.4. The van der Waals surface area contributed by atoms with E-state index in [2.05, 4.69) is 19.2 Å². The largest absolute Gasteiger partial charge is 0.466 e. The fourth-order valence-electron chi connectivity index (χ4n) is 12.1. The molecule has 79 heavy (non-hydrogen) atoms. The van der Waals surface area contributed by atoms with Crippen molar-refractivity contribution < 1.29 is 24.5 Å². The number of ether oxygens (including phenoxy) is 1. The highest BCUT2D eigenvalue weighted by Gasteiger charge is 2.20. The number of carbonyl (C=O) groups excluding carboxylic acids is 2. The summed E-state index contributed by atoms with van der Waals surface area (Å²) in [6.07, 6.45) is 84.5. The van der Waals surface area contributed by atoms with Crippen molar-refractivity contribution in [2.75, 3.05) is 13.2 Å². The fraction of sp³-hybridized carbons (Fsp3) is 0.973. The van der Waals surface area contributed by atoms with Gasteiger partial charge in [0.05, 0.1) is 25.4 Å². The molecule has 0 rings (SSSR count). The van der Waals surface area contributed by atoms with Crippen molar-refractivity contribution in [2.24, 2.45) is 0 Å². The molecule has 0 bridgehead atoms. The van der Waals surface area contributed by atoms with Crippen LogP contribution in [0.3, 0.4) is 0 Å². The Morgan fingerprint density at radius 3 is 0.772 bits per heavy atom. The minimum Gasteiger partial charge on any atom is -0.466 e. The minimum atomic E-state index is -0.661. The third-order valence-corrected chi connectivity index (χ3v) is 17.7. The summed E-state index contributed by atoms with van der Waals surface area (Å²) in [5, 5.41) is 23.4. The normalized spacial score (nSPS) is 12.4. The van der Waals surface area contributed by atoms with E-state index in [-0.39, 0.29) is 18.5 Å². The van der Waals surface area contributed by atoms with Crippen LogP contribution in [0, 0.1) is 0 Å². The molecule has 0 fully saturated rings. The van der Waals surface area contributed by atoms with Crippen molar-refractivity contribution in [3.63, 3.8) is 0 Å². The summed E-state index contributed by atoms with van der Waals surface area (Å²) >= 11 is 0. The number of nitrogens with one attached hydrogen (secondary N) is 1. The highest BCUT2D eigenvalue weighted by Crippen LogP contribution is 2.20. The molecule has 0 aromatic rings. The Labute approximate surface area is 496 Å². The van der Waals surface area contributed by atoms with Crippen molar-refractivity contribution in [3.8, 4) is 0 Å². The quantitative estimate of drug-likeness (QED) is 0.0417. The molecule has 0 spiro atoms. The lowest BCUT2D eigenvalue weighted by atomic mass is 10.0. The van der Waals surface area contributed by atoms with Gasteiger partial charge in [-0.3, -0.25) is 9.59 Å². The van der Waals surface area contributed by atoms with Crippen molar-refractivity contribution in [1.29, 1.82) is 0 Å². The zero-order chi connectivity index (χ0) is 57.1. The van der Waals surface area contributed by atoms with Gasteiger partial charge in [-0.2, -0.15) is 0 Å². The Morgan fingerprint density at radius 1 is 0.304 bits per heavy atom. The standard InChI is InChI=1S/C73H145NO5/c1-3-5-7-9-11-13-15-17-18-19-32-35-38-42-45-49-53-57-61-65-71(76)70(69-75)74-72(77)66-62-58-54-50-46-43-39-36-33-30-28-26-24-22-20-21-23-25-27-29-31-34-37-40-44-48-52-56-60-64-68-79-73(78)67-63-59-55-51-47-41-16-14-12-10-8-6-4-2/h70-71,75-76H,3-69H2,1-2H3,(H,74,77). The molecule has 1 amide bonds. The van der Waals surface area contributed by atoms with Gasteiger partial charge < -0.3 is 20.3 Å². The summed E-state index contributed by atoms with van der Waals surface area (Å²) in [4.78, 5) is 24.6. The van der Waals surface area contributed by atoms with Crippen LogP contribution in [0.15, 0.2) is 0 Å². The lowest BCUT2D eigenvalue weighted by Crippen LogP contribution is -2.45. The van der Waals surface area contributed by atoms with E-state index in [1.165, 1.54) is 360 Å². The van der Waals surface area contributed by atoms with E-state index in [9.17, 15) is 19.8 Å². The van der Waals surface area contributed by atoms with Gasteiger partial charge in [0.1, 0.15) is 0 Å². The van der Waals surface area contributed by atoms with Crippen LogP contribution < -0.4 is 5.32 Å². The summed E-state index contributed by atoms with van der Waals surface area (Å²) in [5.41, 5.74) is 0. The average molecular weight is 1120 g/mol. The second-order valence-corrected chi connectivity index (χ2v) is 25.6. The van der Waals surface area contributed by atoms with Gasteiger partial charge in [-0.25, -0.2) is 0 Å². The lowest BCUT2D eigenvalue weighted by molar-refractivity contribution is -0.143. The van der Waals surface area contributed by atoms with Crippen LogP contribution in [0.2, 0.25) is 0 Å². The van der Waals surface area contributed by atoms with Gasteiger partial charge in [-0.1, -0.05) is 393 Å². The number of aliphatic hydroxyl groups excluding tert-OH is 2. The molecule has 0 aliphatic carbocycles. The molecular weight excluding hydrogens is 971 g/mol. The first-order valence-electron chi connectivity index (χ1n) is 36.8. The lowest BCUT2D eigenvalue weighted by Gasteiger charge is -2.22. The molecule has 2 atom stereocenters. The van der Waals surface area contributed by atoms with E-state index < -0.39 is 12.1 Å². The van der Waals surface area contributed by atoms with Crippen molar-refractivity contribution in [1.82, 2.24) is 5.32 Å². The van der Waals surface area contributed by atoms with Crippen molar-refractivity contribution in [3.05, 3.63) is 0 Å². The Bertz CT molecular complexity index is 1150. The number of unbranched alkanes of at least 4 members (excludes halogenated alkanes) is 59. The molecule has 0 radical (unpaired) electrons. The second-order valence-electron chi connectivity index (χ2n) is 25.6. The first kappa shape index (κ1) is 77.9. The van der Waals surface area contributed by atoms with Crippen LogP contribution in [0.25, 0.3) is 0 Å². The Morgan fingerprint density at radius 2 is 0.519 bits per heavy atom. The van der Waals surface area contributed by atoms with E-state index in [1.807, 2.05) is 0 Å². The Balaban J connectivity index is 3.32. The van der Waals surface area contributed by atoms with Crippen molar-refractivity contribution in [2.45, 2.75) is 443 Å². The molecule has 0 aromatic carbocycles. The molecule has 0 saturated carbocycles. The van der Waals surface area contributed by atoms with Gasteiger partial charge in [-0.05, 0) is 25.7 Å². The van der Waals surface area contributed by atoms with Crippen LogP contribution in [-0.2, 0) is 14.3 Å². The maximum absolute atomic E-state index is 12.5. The molecule has 0 aliphatic rings. The predicted molar refractivity (Wildman–Crippen MR) is 347 cm³/mol. The van der Waals surface area contributed by atoms with Crippen LogP contribution in [0.5, 0.6) is 0 Å². The molecular formula is C73H145NO5. The van der Waals surface area contributed by atoms with E-state index in [4.69, 9.17) is 4.74 Å². The Kier molecular flexibility index (Phi) is 68.4. The molecule has 3 N–H and O–H groups in total. The predicted octanol–water partition coefficient (Wildman–Crippen LogP) is 23.8. The van der Waals surface area contributed by atoms with E-state index in [0.29, 0.717) is 25.9 Å². The smallest absolute Gasteiger partial charge is 0.305 e. The van der Waals surface area contributed by atoms with Crippen molar-refractivity contribution >= 4 is 11.9 Å². The number of carbonyl (C=O) groups is 2. The molecule has 0 aromatic heterocycles. The number of esters is 1. The first-order valence-corrected chi connectivity index (χ1v) is 36.8. The van der Waals surface area contributed by atoms with Gasteiger partial charge >= 0.3 is 5.97 Å². The Hall–Kier alpha value is -1.14. The molecule has 0 heterocycles. The van der Waals surface area contributed by atoms with E-state index in [0.717, 1.165) is 38.5 Å². The molecule has 2 unspecified atom stereocenters. The third kappa shape index (κ3) is 65.9. The summed E-state index contributed by atoms with van der Waals surface area (Å²) in [5.74, 6) is -0.00287. The fourth-order valence-corrected chi connectivity index (χ4v) is 12.1. The molecule has 0 saturated heterocycles. The van der Waals surface area contributed by atoms with Gasteiger partial charge in [0, 0.05) is 12.8 Å². The zero-order valence-electron chi connectivity index (χ0n) is 54.2. The number of rotatable bonds is 70. The highest BCUT2D eigenvalue weighted by atomic mass is 16.5. The monoisotopic (exact) mass is 1120 g/mol. The SMILES string of the molecule is CCCCCCCCCCCCCCCCCCCCCC(O)C(CO)NC(=O)CCCCCCCCCCCCCCCCCCCCCCCCCCCCCCCCOC(=O)CCCCCCCCCCCCCCC. The van der Waals surface area contributed by atoms with Crippen LogP contribution in [0.4, 0.5) is 0 Å². The zero-order valence-corrected chi connectivity index (χ0v) is 54.2. The number of amides is 1.